The summed E-state index contributed by atoms with van der Waals surface area (Å²) in [6, 6.07) is 11.6. The van der Waals surface area contributed by atoms with Gasteiger partial charge < -0.3 is 5.32 Å². The van der Waals surface area contributed by atoms with E-state index in [1.54, 1.807) is 36.4 Å². The molecule has 2 aromatic rings. The second-order valence-corrected chi connectivity index (χ2v) is 7.11. The van der Waals surface area contributed by atoms with Crippen molar-refractivity contribution in [3.8, 4) is 11.1 Å². The number of amides is 1. The highest BCUT2D eigenvalue weighted by Gasteiger charge is 2.35. The van der Waals surface area contributed by atoms with E-state index in [0.717, 1.165) is 4.31 Å². The van der Waals surface area contributed by atoms with Crippen molar-refractivity contribution in [1.29, 1.82) is 0 Å². The molecule has 1 heterocycles. The zero-order valence-electron chi connectivity index (χ0n) is 11.7. The molecule has 0 fully saturated rings. The van der Waals surface area contributed by atoms with Crippen LogP contribution in [0.15, 0.2) is 47.4 Å². The summed E-state index contributed by atoms with van der Waals surface area (Å²) in [6.45, 7) is -0.276. The van der Waals surface area contributed by atoms with Gasteiger partial charge in [0.1, 0.15) is 6.54 Å². The van der Waals surface area contributed by atoms with Crippen LogP contribution in [0.2, 0.25) is 5.02 Å². The van der Waals surface area contributed by atoms with Crippen LogP contribution in [-0.2, 0) is 14.8 Å². The number of carbonyl (C=O) groups excluding carboxylic acids is 1. The molecule has 0 spiro atoms. The van der Waals surface area contributed by atoms with Crippen molar-refractivity contribution in [1.82, 2.24) is 5.32 Å². The molecule has 0 aliphatic carbocycles. The molecule has 3 rings (SSSR count). The van der Waals surface area contributed by atoms with E-state index in [0.29, 0.717) is 21.8 Å². The van der Waals surface area contributed by atoms with Crippen molar-refractivity contribution in [3.63, 3.8) is 0 Å². The van der Waals surface area contributed by atoms with Gasteiger partial charge in [-0.05, 0) is 24.3 Å². The number of likely N-dealkylation sites (N-methyl/N-ethyl adjacent to an activating group) is 1. The number of carbonyl (C=O) groups is 1. The third-order valence-electron chi connectivity index (χ3n) is 3.54. The summed E-state index contributed by atoms with van der Waals surface area (Å²) < 4.78 is 26.7. The summed E-state index contributed by atoms with van der Waals surface area (Å²) in [5, 5.41) is 2.95. The van der Waals surface area contributed by atoms with Crippen molar-refractivity contribution in [2.24, 2.45) is 0 Å². The number of nitrogens with one attached hydrogen (secondary N) is 1. The van der Waals surface area contributed by atoms with Crippen LogP contribution in [0.4, 0.5) is 5.69 Å². The minimum absolute atomic E-state index is 0.175. The lowest BCUT2D eigenvalue weighted by molar-refractivity contribution is -0.119. The van der Waals surface area contributed by atoms with Gasteiger partial charge in [-0.1, -0.05) is 29.8 Å². The van der Waals surface area contributed by atoms with Crippen molar-refractivity contribution in [3.05, 3.63) is 47.5 Å². The molecule has 0 aromatic heterocycles. The lowest BCUT2D eigenvalue weighted by atomic mass is 10.0. The van der Waals surface area contributed by atoms with Gasteiger partial charge in [-0.3, -0.25) is 9.10 Å². The molecular weight excluding hydrogens is 324 g/mol. The van der Waals surface area contributed by atoms with E-state index in [-0.39, 0.29) is 17.3 Å². The summed E-state index contributed by atoms with van der Waals surface area (Å²) in [6.07, 6.45) is 0. The molecule has 0 atom stereocenters. The van der Waals surface area contributed by atoms with E-state index < -0.39 is 10.0 Å². The largest absolute Gasteiger partial charge is 0.358 e. The SMILES string of the molecule is CNC(=O)CN1c2ccc(Cl)cc2-c2ccccc2S1(=O)=O. The Morgan fingerprint density at radius 2 is 1.91 bits per heavy atom. The predicted molar refractivity (Wildman–Crippen MR) is 85.5 cm³/mol. The van der Waals surface area contributed by atoms with E-state index in [9.17, 15) is 13.2 Å². The van der Waals surface area contributed by atoms with Crippen molar-refractivity contribution < 1.29 is 13.2 Å². The number of fused-ring (bicyclic) bond motifs is 3. The van der Waals surface area contributed by atoms with Crippen molar-refractivity contribution in [2.75, 3.05) is 17.9 Å². The molecule has 1 aliphatic heterocycles. The Balaban J connectivity index is 2.29. The van der Waals surface area contributed by atoms with Crippen LogP contribution in [0, 0.1) is 0 Å². The quantitative estimate of drug-likeness (QED) is 0.914. The minimum atomic E-state index is -3.78. The Morgan fingerprint density at radius 1 is 1.18 bits per heavy atom. The monoisotopic (exact) mass is 336 g/mol. The first-order chi connectivity index (χ1) is 10.4. The van der Waals surface area contributed by atoms with Crippen LogP contribution in [0.1, 0.15) is 0 Å². The fraction of sp³-hybridized carbons (Fsp3) is 0.133. The van der Waals surface area contributed by atoms with Crippen molar-refractivity contribution >= 4 is 33.2 Å². The van der Waals surface area contributed by atoms with Gasteiger partial charge >= 0.3 is 0 Å². The molecule has 0 saturated heterocycles. The number of hydrogen-bond donors (Lipinski definition) is 1. The molecule has 5 nitrogen and oxygen atoms in total. The Morgan fingerprint density at radius 3 is 2.64 bits per heavy atom. The van der Waals surface area contributed by atoms with Gasteiger partial charge in [0.25, 0.3) is 10.0 Å². The number of hydrogen-bond acceptors (Lipinski definition) is 3. The second-order valence-electron chi connectivity index (χ2n) is 4.84. The highest BCUT2D eigenvalue weighted by molar-refractivity contribution is 7.93. The van der Waals surface area contributed by atoms with Crippen LogP contribution in [0.25, 0.3) is 11.1 Å². The second kappa shape index (κ2) is 5.30. The van der Waals surface area contributed by atoms with Crippen LogP contribution in [-0.4, -0.2) is 27.9 Å². The Hall–Kier alpha value is -2.05. The number of sulfonamides is 1. The topological polar surface area (TPSA) is 66.5 Å². The fourth-order valence-corrected chi connectivity index (χ4v) is 4.30. The lowest BCUT2D eigenvalue weighted by Gasteiger charge is -2.31. The average molecular weight is 337 g/mol. The molecule has 0 bridgehead atoms. The van der Waals surface area contributed by atoms with Gasteiger partial charge in [-0.2, -0.15) is 0 Å². The molecule has 1 N–H and O–H groups in total. The minimum Gasteiger partial charge on any atom is -0.358 e. The first kappa shape index (κ1) is 14.9. The van der Waals surface area contributed by atoms with E-state index >= 15 is 0 Å². The number of nitrogens with zero attached hydrogens (tertiary/aromatic N) is 1. The molecule has 1 aliphatic rings. The Bertz CT molecular complexity index is 865. The smallest absolute Gasteiger partial charge is 0.265 e. The maximum absolute atomic E-state index is 12.8. The first-order valence-corrected chi connectivity index (χ1v) is 8.39. The molecule has 0 radical (unpaired) electrons. The number of anilines is 1. The summed E-state index contributed by atoms with van der Waals surface area (Å²) in [5.41, 5.74) is 1.74. The van der Waals surface area contributed by atoms with Gasteiger partial charge in [0.15, 0.2) is 0 Å². The van der Waals surface area contributed by atoms with Crippen LogP contribution in [0.3, 0.4) is 0 Å². The zero-order chi connectivity index (χ0) is 15.9. The molecule has 2 aromatic carbocycles. The van der Waals surface area contributed by atoms with Crippen LogP contribution >= 0.6 is 11.6 Å². The molecule has 114 valence electrons. The number of rotatable bonds is 2. The van der Waals surface area contributed by atoms with Gasteiger partial charge in [-0.15, -0.1) is 0 Å². The van der Waals surface area contributed by atoms with E-state index in [1.807, 2.05) is 0 Å². The standard InChI is InChI=1S/C15H13ClN2O3S/c1-17-15(19)9-18-13-7-6-10(16)8-12(13)11-4-2-3-5-14(11)22(18,20)21/h2-8H,9H2,1H3,(H,17,19). The summed E-state index contributed by atoms with van der Waals surface area (Å²) in [5.74, 6) is -0.385. The number of benzene rings is 2. The third-order valence-corrected chi connectivity index (χ3v) is 5.59. The normalized spacial score (nSPS) is 14.9. The lowest BCUT2D eigenvalue weighted by Crippen LogP contribution is -2.41. The van der Waals surface area contributed by atoms with E-state index in [1.165, 1.54) is 13.1 Å². The molecular formula is C15H13ClN2O3S. The molecule has 1 amide bonds. The average Bonchev–Trinajstić information content (AvgIpc) is 2.51. The third kappa shape index (κ3) is 2.24. The van der Waals surface area contributed by atoms with Crippen LogP contribution in [0.5, 0.6) is 0 Å². The maximum atomic E-state index is 12.8. The molecule has 0 saturated carbocycles. The summed E-state index contributed by atoms with van der Waals surface area (Å²) in [4.78, 5) is 11.9. The molecule has 22 heavy (non-hydrogen) atoms. The number of halogens is 1. The molecule has 7 heteroatoms. The van der Waals surface area contributed by atoms with E-state index in [4.69, 9.17) is 11.6 Å². The summed E-state index contributed by atoms with van der Waals surface area (Å²) >= 11 is 6.05. The highest BCUT2D eigenvalue weighted by Crippen LogP contribution is 2.43. The molecule has 0 unspecified atom stereocenters. The van der Waals surface area contributed by atoms with E-state index in [2.05, 4.69) is 5.32 Å². The van der Waals surface area contributed by atoms with Gasteiger partial charge in [0, 0.05) is 23.2 Å². The fourth-order valence-electron chi connectivity index (χ4n) is 2.48. The first-order valence-electron chi connectivity index (χ1n) is 6.57. The highest BCUT2D eigenvalue weighted by atomic mass is 35.5. The predicted octanol–water partition coefficient (Wildman–Crippen LogP) is 2.26. The maximum Gasteiger partial charge on any atom is 0.265 e. The zero-order valence-corrected chi connectivity index (χ0v) is 13.3. The Labute approximate surface area is 133 Å². The van der Waals surface area contributed by atoms with Gasteiger partial charge in [0.2, 0.25) is 5.91 Å². The van der Waals surface area contributed by atoms with Gasteiger partial charge in [0.05, 0.1) is 10.6 Å². The van der Waals surface area contributed by atoms with Crippen LogP contribution < -0.4 is 9.62 Å². The van der Waals surface area contributed by atoms with Crippen molar-refractivity contribution in [2.45, 2.75) is 4.90 Å². The Kier molecular flexibility index (Phi) is 3.58. The summed E-state index contributed by atoms with van der Waals surface area (Å²) in [7, 11) is -2.32. The van der Waals surface area contributed by atoms with Gasteiger partial charge in [-0.25, -0.2) is 8.42 Å².